The largest absolute Gasteiger partial charge is 0.490 e. The predicted octanol–water partition coefficient (Wildman–Crippen LogP) is 6.78. The zero-order chi connectivity index (χ0) is 22.9. The van der Waals surface area contributed by atoms with Crippen molar-refractivity contribution in [3.8, 4) is 16.9 Å². The Morgan fingerprint density at radius 3 is 2.41 bits per heavy atom. The van der Waals surface area contributed by atoms with Gasteiger partial charge >= 0.3 is 5.97 Å². The van der Waals surface area contributed by atoms with Crippen LogP contribution < -0.4 is 4.74 Å². The number of benzene rings is 3. The first-order valence-electron chi connectivity index (χ1n) is 10.2. The van der Waals surface area contributed by atoms with Gasteiger partial charge in [-0.15, -0.1) is 0 Å². The van der Waals surface area contributed by atoms with Gasteiger partial charge < -0.3 is 14.6 Å². The second-order valence-electron chi connectivity index (χ2n) is 7.07. The fourth-order valence-corrected chi connectivity index (χ4v) is 3.59. The van der Waals surface area contributed by atoms with Crippen molar-refractivity contribution in [2.24, 2.45) is 0 Å². The molecule has 0 saturated carbocycles. The number of halogens is 2. The highest BCUT2D eigenvalue weighted by atomic mass is 35.5. The molecule has 32 heavy (non-hydrogen) atoms. The third-order valence-corrected chi connectivity index (χ3v) is 5.64. The summed E-state index contributed by atoms with van der Waals surface area (Å²) < 4.78 is 11.0. The summed E-state index contributed by atoms with van der Waals surface area (Å²) in [7, 11) is 0. The molecule has 0 heterocycles. The van der Waals surface area contributed by atoms with Crippen LogP contribution in [0.1, 0.15) is 18.1 Å². The molecule has 0 aliphatic carbocycles. The number of carbonyl (C=O) groups is 1. The molecule has 3 rings (SSSR count). The minimum atomic E-state index is -0.957. The Bertz CT molecular complexity index is 1060. The first-order valence-corrected chi connectivity index (χ1v) is 11.0. The fraction of sp³-hybridized carbons (Fsp3) is 0.192. The number of rotatable bonds is 10. The van der Waals surface area contributed by atoms with E-state index in [1.54, 1.807) is 13.0 Å². The van der Waals surface area contributed by atoms with Crippen LogP contribution in [-0.2, 0) is 16.0 Å². The predicted molar refractivity (Wildman–Crippen MR) is 130 cm³/mol. The van der Waals surface area contributed by atoms with E-state index in [2.05, 4.69) is 0 Å². The van der Waals surface area contributed by atoms with Crippen LogP contribution in [0.25, 0.3) is 17.2 Å². The van der Waals surface area contributed by atoms with E-state index in [1.165, 1.54) is 0 Å². The lowest BCUT2D eigenvalue weighted by Crippen LogP contribution is -2.26. The van der Waals surface area contributed by atoms with Gasteiger partial charge in [0.15, 0.2) is 6.10 Å². The van der Waals surface area contributed by atoms with Crippen molar-refractivity contribution in [3.05, 3.63) is 94.0 Å². The van der Waals surface area contributed by atoms with Gasteiger partial charge in [-0.05, 0) is 47.9 Å². The average Bonchev–Trinajstić information content (AvgIpc) is 2.80. The van der Waals surface area contributed by atoms with Crippen LogP contribution in [0.2, 0.25) is 10.0 Å². The second kappa shape index (κ2) is 11.7. The van der Waals surface area contributed by atoms with Gasteiger partial charge in [-0.25, -0.2) is 4.79 Å². The van der Waals surface area contributed by atoms with Gasteiger partial charge in [-0.2, -0.15) is 0 Å². The Labute approximate surface area is 198 Å². The summed E-state index contributed by atoms with van der Waals surface area (Å²) in [6.45, 7) is 2.56. The summed E-state index contributed by atoms with van der Waals surface area (Å²) in [5.74, 6) is -0.242. The van der Waals surface area contributed by atoms with Crippen LogP contribution >= 0.6 is 23.2 Å². The zero-order valence-electron chi connectivity index (χ0n) is 17.6. The van der Waals surface area contributed by atoms with E-state index in [9.17, 15) is 9.90 Å². The van der Waals surface area contributed by atoms with Crippen molar-refractivity contribution >= 4 is 35.2 Å². The van der Waals surface area contributed by atoms with Crippen molar-refractivity contribution in [2.45, 2.75) is 19.4 Å². The van der Waals surface area contributed by atoms with Crippen LogP contribution in [0.4, 0.5) is 0 Å². The van der Waals surface area contributed by atoms with E-state index in [0.717, 1.165) is 22.3 Å². The van der Waals surface area contributed by atoms with Gasteiger partial charge in [0.25, 0.3) is 0 Å². The smallest absolute Gasteiger partial charge is 0.333 e. The SMILES string of the molecule is CCO[C@@H](Cc1ccc(OC/C=C/c2ccc(-c3cccc(Cl)c3Cl)cc2)cc1)C(=O)O. The molecule has 4 nitrogen and oxygen atoms in total. The molecule has 3 aromatic rings. The second-order valence-corrected chi connectivity index (χ2v) is 7.85. The first-order chi connectivity index (χ1) is 15.5. The van der Waals surface area contributed by atoms with Crippen LogP contribution in [0.3, 0.4) is 0 Å². The van der Waals surface area contributed by atoms with Crippen LogP contribution in [0, 0.1) is 0 Å². The molecule has 1 N–H and O–H groups in total. The highest BCUT2D eigenvalue weighted by molar-refractivity contribution is 6.43. The average molecular weight is 471 g/mol. The number of hydrogen-bond acceptors (Lipinski definition) is 3. The lowest BCUT2D eigenvalue weighted by molar-refractivity contribution is -0.149. The lowest BCUT2D eigenvalue weighted by atomic mass is 10.0. The molecule has 0 unspecified atom stereocenters. The molecule has 0 fully saturated rings. The quantitative estimate of drug-likeness (QED) is 0.354. The number of ether oxygens (including phenoxy) is 2. The Morgan fingerprint density at radius 1 is 1.03 bits per heavy atom. The highest BCUT2D eigenvalue weighted by Gasteiger charge is 2.17. The summed E-state index contributed by atoms with van der Waals surface area (Å²) in [5, 5.41) is 10.3. The van der Waals surface area contributed by atoms with Gasteiger partial charge in [0.1, 0.15) is 12.4 Å². The Balaban J connectivity index is 1.52. The van der Waals surface area contributed by atoms with Crippen molar-refractivity contribution in [1.29, 1.82) is 0 Å². The van der Waals surface area contributed by atoms with E-state index in [-0.39, 0.29) is 0 Å². The molecule has 0 radical (unpaired) electrons. The van der Waals surface area contributed by atoms with Crippen LogP contribution in [-0.4, -0.2) is 30.4 Å². The molecule has 0 aliphatic rings. The molecular formula is C26H24Cl2O4. The summed E-state index contributed by atoms with van der Waals surface area (Å²) in [4.78, 5) is 11.2. The van der Waals surface area contributed by atoms with Gasteiger partial charge in [-0.3, -0.25) is 0 Å². The lowest BCUT2D eigenvalue weighted by Gasteiger charge is -2.12. The maximum atomic E-state index is 11.2. The van der Waals surface area contributed by atoms with Gasteiger partial charge in [0.2, 0.25) is 0 Å². The fourth-order valence-electron chi connectivity index (χ4n) is 3.18. The minimum absolute atomic E-state index is 0.319. The van der Waals surface area contributed by atoms with E-state index >= 15 is 0 Å². The molecule has 6 heteroatoms. The molecule has 0 aromatic heterocycles. The number of aliphatic carboxylic acids is 1. The van der Waals surface area contributed by atoms with Gasteiger partial charge in [-0.1, -0.05) is 77.8 Å². The van der Waals surface area contributed by atoms with Crippen molar-refractivity contribution in [1.82, 2.24) is 0 Å². The molecule has 0 bridgehead atoms. The van der Waals surface area contributed by atoms with Crippen molar-refractivity contribution in [3.63, 3.8) is 0 Å². The third kappa shape index (κ3) is 6.60. The molecule has 166 valence electrons. The summed E-state index contributed by atoms with van der Waals surface area (Å²) in [6, 6.07) is 21.0. The highest BCUT2D eigenvalue weighted by Crippen LogP contribution is 2.33. The van der Waals surface area contributed by atoms with E-state index in [0.29, 0.717) is 35.4 Å². The molecule has 0 spiro atoms. The maximum absolute atomic E-state index is 11.2. The van der Waals surface area contributed by atoms with E-state index in [4.69, 9.17) is 32.7 Å². The molecule has 0 amide bonds. The Kier molecular flexibility index (Phi) is 8.74. The molecule has 1 atom stereocenters. The summed E-state index contributed by atoms with van der Waals surface area (Å²) in [5.41, 5.74) is 3.83. The number of hydrogen-bond donors (Lipinski definition) is 1. The minimum Gasteiger partial charge on any atom is -0.490 e. The standard InChI is InChI=1S/C26H24Cl2O4/c1-2-31-24(26(29)30)17-19-10-14-21(15-11-19)32-16-4-5-18-8-12-20(13-9-18)22-6-3-7-23(27)25(22)28/h3-15,24H,2,16-17H2,1H3,(H,29,30)/b5-4+/t24-/m0/s1. The first kappa shape index (κ1) is 23.9. The molecule has 0 saturated heterocycles. The Hall–Kier alpha value is -2.79. The summed E-state index contributed by atoms with van der Waals surface area (Å²) in [6.07, 6.45) is 3.40. The Morgan fingerprint density at radius 2 is 1.75 bits per heavy atom. The maximum Gasteiger partial charge on any atom is 0.333 e. The number of carboxylic acid groups (broad SMARTS) is 1. The van der Waals surface area contributed by atoms with E-state index in [1.807, 2.05) is 72.8 Å². The van der Waals surface area contributed by atoms with E-state index < -0.39 is 12.1 Å². The topological polar surface area (TPSA) is 55.8 Å². The molecule has 3 aromatic carbocycles. The van der Waals surface area contributed by atoms with Crippen LogP contribution in [0.5, 0.6) is 5.75 Å². The van der Waals surface area contributed by atoms with Gasteiger partial charge in [0, 0.05) is 18.6 Å². The van der Waals surface area contributed by atoms with Crippen molar-refractivity contribution in [2.75, 3.05) is 13.2 Å². The molecule has 0 aliphatic heterocycles. The monoisotopic (exact) mass is 470 g/mol. The number of carboxylic acids is 1. The third-order valence-electron chi connectivity index (χ3n) is 4.82. The summed E-state index contributed by atoms with van der Waals surface area (Å²) >= 11 is 12.4. The molecular weight excluding hydrogens is 447 g/mol. The van der Waals surface area contributed by atoms with Crippen molar-refractivity contribution < 1.29 is 19.4 Å². The van der Waals surface area contributed by atoms with Crippen LogP contribution in [0.15, 0.2) is 72.8 Å². The zero-order valence-corrected chi connectivity index (χ0v) is 19.1. The normalized spacial score (nSPS) is 12.1. The van der Waals surface area contributed by atoms with Gasteiger partial charge in [0.05, 0.1) is 10.0 Å².